The van der Waals surface area contributed by atoms with Crippen LogP contribution in [0, 0.1) is 6.92 Å². The van der Waals surface area contributed by atoms with Crippen LogP contribution in [0.5, 0.6) is 11.5 Å². The Morgan fingerprint density at radius 3 is 2.18 bits per heavy atom. The average molecular weight is 360 g/mol. The summed E-state index contributed by atoms with van der Waals surface area (Å²) in [7, 11) is 3.36. The highest BCUT2D eigenvalue weighted by Gasteiger charge is 2.16. The van der Waals surface area contributed by atoms with E-state index in [1.54, 1.807) is 14.2 Å². The van der Waals surface area contributed by atoms with Crippen LogP contribution in [0.3, 0.4) is 0 Å². The summed E-state index contributed by atoms with van der Waals surface area (Å²) in [5.74, 6) is 1.71. The van der Waals surface area contributed by atoms with Crippen molar-refractivity contribution < 1.29 is 9.47 Å². The van der Waals surface area contributed by atoms with Crippen molar-refractivity contribution in [3.63, 3.8) is 0 Å². The lowest BCUT2D eigenvalue weighted by molar-refractivity contribution is 0.405. The molecule has 2 aromatic carbocycles. The molecular formula is C13H12Br2O2. The van der Waals surface area contributed by atoms with Gasteiger partial charge in [-0.1, -0.05) is 15.9 Å². The van der Waals surface area contributed by atoms with E-state index in [9.17, 15) is 0 Å². The minimum absolute atomic E-state index is 0.839. The summed E-state index contributed by atoms with van der Waals surface area (Å²) < 4.78 is 12.9. The fourth-order valence-electron chi connectivity index (χ4n) is 1.96. The molecule has 0 amide bonds. The van der Waals surface area contributed by atoms with Gasteiger partial charge in [-0.05, 0) is 41.1 Å². The van der Waals surface area contributed by atoms with Gasteiger partial charge in [0.15, 0.2) is 0 Å². The lowest BCUT2D eigenvalue weighted by Gasteiger charge is -2.15. The molecule has 2 rings (SSSR count). The Morgan fingerprint density at radius 1 is 0.941 bits per heavy atom. The van der Waals surface area contributed by atoms with Crippen LogP contribution >= 0.6 is 31.9 Å². The Labute approximate surface area is 117 Å². The molecule has 0 radical (unpaired) electrons. The normalized spacial score (nSPS) is 10.6. The lowest BCUT2D eigenvalue weighted by atomic mass is 10.0. The zero-order valence-electron chi connectivity index (χ0n) is 9.80. The standard InChI is InChI=1S/C13H12Br2O2/c1-7-11(15)13(17-3)9-5-4-8(14)6-10(9)12(7)16-2/h4-6H,1-3H3. The average Bonchev–Trinajstić information content (AvgIpc) is 2.32. The summed E-state index contributed by atoms with van der Waals surface area (Å²) in [6.07, 6.45) is 0. The maximum absolute atomic E-state index is 5.49. The van der Waals surface area contributed by atoms with Gasteiger partial charge in [0.05, 0.1) is 18.7 Å². The predicted molar refractivity (Wildman–Crippen MR) is 77.2 cm³/mol. The number of hydrogen-bond acceptors (Lipinski definition) is 2. The van der Waals surface area contributed by atoms with Crippen LogP contribution in [-0.2, 0) is 0 Å². The monoisotopic (exact) mass is 358 g/mol. The van der Waals surface area contributed by atoms with Crippen molar-refractivity contribution in [1.29, 1.82) is 0 Å². The van der Waals surface area contributed by atoms with Crippen LogP contribution in [0.4, 0.5) is 0 Å². The Balaban J connectivity index is 2.96. The summed E-state index contributed by atoms with van der Waals surface area (Å²) in [6, 6.07) is 6.05. The molecule has 4 heteroatoms. The molecule has 0 aromatic heterocycles. The van der Waals surface area contributed by atoms with Crippen molar-refractivity contribution >= 4 is 42.6 Å². The third-order valence-corrected chi connectivity index (χ3v) is 4.20. The highest BCUT2D eigenvalue weighted by molar-refractivity contribution is 9.10. The second-order valence-electron chi connectivity index (χ2n) is 3.70. The minimum Gasteiger partial charge on any atom is -0.496 e. The molecule has 0 N–H and O–H groups in total. The fraction of sp³-hybridized carbons (Fsp3) is 0.231. The molecule has 17 heavy (non-hydrogen) atoms. The molecule has 0 aliphatic rings. The topological polar surface area (TPSA) is 18.5 Å². The van der Waals surface area contributed by atoms with E-state index < -0.39 is 0 Å². The Kier molecular flexibility index (Phi) is 3.64. The molecule has 0 aliphatic heterocycles. The molecule has 0 unspecified atom stereocenters. The molecule has 0 heterocycles. The Hall–Kier alpha value is -0.740. The van der Waals surface area contributed by atoms with Crippen molar-refractivity contribution in [2.45, 2.75) is 6.92 Å². The quantitative estimate of drug-likeness (QED) is 0.774. The maximum atomic E-state index is 5.49. The van der Waals surface area contributed by atoms with E-state index in [0.29, 0.717) is 0 Å². The SMILES string of the molecule is COc1c(C)c(Br)c(OC)c2ccc(Br)cc12. The van der Waals surface area contributed by atoms with E-state index in [4.69, 9.17) is 9.47 Å². The predicted octanol–water partition coefficient (Wildman–Crippen LogP) is 4.69. The molecule has 0 spiro atoms. The van der Waals surface area contributed by atoms with Crippen molar-refractivity contribution in [3.05, 3.63) is 32.7 Å². The van der Waals surface area contributed by atoms with Crippen molar-refractivity contribution in [2.75, 3.05) is 14.2 Å². The van der Waals surface area contributed by atoms with Crippen LogP contribution in [0.1, 0.15) is 5.56 Å². The fourth-order valence-corrected chi connectivity index (χ4v) is 2.87. The summed E-state index contributed by atoms with van der Waals surface area (Å²) in [5.41, 5.74) is 1.04. The molecule has 90 valence electrons. The van der Waals surface area contributed by atoms with Crippen LogP contribution in [0.2, 0.25) is 0 Å². The van der Waals surface area contributed by atoms with E-state index in [-0.39, 0.29) is 0 Å². The van der Waals surface area contributed by atoms with E-state index in [1.165, 1.54) is 0 Å². The van der Waals surface area contributed by atoms with Crippen LogP contribution in [-0.4, -0.2) is 14.2 Å². The highest BCUT2D eigenvalue weighted by Crippen LogP contribution is 2.43. The number of fused-ring (bicyclic) bond motifs is 1. The molecule has 2 nitrogen and oxygen atoms in total. The van der Waals surface area contributed by atoms with Gasteiger partial charge in [0.2, 0.25) is 0 Å². The third-order valence-electron chi connectivity index (χ3n) is 2.75. The summed E-state index contributed by atoms with van der Waals surface area (Å²) in [4.78, 5) is 0. The first kappa shape index (κ1) is 12.7. The van der Waals surface area contributed by atoms with Gasteiger partial charge in [-0.15, -0.1) is 0 Å². The lowest BCUT2D eigenvalue weighted by Crippen LogP contribution is -1.95. The smallest absolute Gasteiger partial charge is 0.141 e. The van der Waals surface area contributed by atoms with E-state index in [1.807, 2.05) is 25.1 Å². The highest BCUT2D eigenvalue weighted by atomic mass is 79.9. The van der Waals surface area contributed by atoms with E-state index >= 15 is 0 Å². The van der Waals surface area contributed by atoms with Crippen LogP contribution in [0.15, 0.2) is 27.1 Å². The zero-order chi connectivity index (χ0) is 12.6. The molecule has 0 bridgehead atoms. The van der Waals surface area contributed by atoms with Gasteiger partial charge in [-0.2, -0.15) is 0 Å². The van der Waals surface area contributed by atoms with Gasteiger partial charge < -0.3 is 9.47 Å². The molecule has 0 atom stereocenters. The second-order valence-corrected chi connectivity index (χ2v) is 5.40. The number of benzene rings is 2. The van der Waals surface area contributed by atoms with Gasteiger partial charge in [0.1, 0.15) is 11.5 Å². The Bertz CT molecular complexity index is 579. The van der Waals surface area contributed by atoms with Crippen molar-refractivity contribution in [3.8, 4) is 11.5 Å². The summed E-state index contributed by atoms with van der Waals surface area (Å²) in [5, 5.41) is 2.07. The van der Waals surface area contributed by atoms with Gasteiger partial charge in [0, 0.05) is 20.8 Å². The van der Waals surface area contributed by atoms with Crippen LogP contribution in [0.25, 0.3) is 10.8 Å². The van der Waals surface area contributed by atoms with Gasteiger partial charge in [-0.25, -0.2) is 0 Å². The summed E-state index contributed by atoms with van der Waals surface area (Å²) >= 11 is 7.03. The molecule has 0 saturated heterocycles. The van der Waals surface area contributed by atoms with Crippen molar-refractivity contribution in [2.24, 2.45) is 0 Å². The van der Waals surface area contributed by atoms with Crippen LogP contribution < -0.4 is 9.47 Å². The number of halogens is 2. The first-order valence-corrected chi connectivity index (χ1v) is 6.68. The maximum Gasteiger partial charge on any atom is 0.141 e. The van der Waals surface area contributed by atoms with Crippen molar-refractivity contribution in [1.82, 2.24) is 0 Å². The largest absolute Gasteiger partial charge is 0.496 e. The first-order chi connectivity index (χ1) is 8.10. The first-order valence-electron chi connectivity index (χ1n) is 5.09. The number of rotatable bonds is 2. The number of methoxy groups -OCH3 is 2. The van der Waals surface area contributed by atoms with E-state index in [0.717, 1.165) is 36.8 Å². The number of hydrogen-bond donors (Lipinski definition) is 0. The van der Waals surface area contributed by atoms with Gasteiger partial charge in [-0.3, -0.25) is 0 Å². The minimum atomic E-state index is 0.839. The molecule has 2 aromatic rings. The molecule has 0 fully saturated rings. The number of ether oxygens (including phenoxy) is 2. The van der Waals surface area contributed by atoms with Gasteiger partial charge in [0.25, 0.3) is 0 Å². The molecule has 0 aliphatic carbocycles. The Morgan fingerprint density at radius 2 is 1.59 bits per heavy atom. The van der Waals surface area contributed by atoms with Gasteiger partial charge >= 0.3 is 0 Å². The zero-order valence-corrected chi connectivity index (χ0v) is 13.0. The van der Waals surface area contributed by atoms with E-state index in [2.05, 4.69) is 31.9 Å². The summed E-state index contributed by atoms with van der Waals surface area (Å²) in [6.45, 7) is 2.01. The second kappa shape index (κ2) is 4.86. The molecule has 0 saturated carbocycles. The third kappa shape index (κ3) is 2.04. The molecular weight excluding hydrogens is 348 g/mol.